The molecule has 4 nitrogen and oxygen atoms in total. The van der Waals surface area contributed by atoms with E-state index in [-0.39, 0.29) is 10.9 Å². The second kappa shape index (κ2) is 4.95. The van der Waals surface area contributed by atoms with E-state index in [1.165, 1.54) is 16.4 Å². The second-order valence-electron chi connectivity index (χ2n) is 4.58. The Labute approximate surface area is 107 Å². The Bertz CT molecular complexity index is 539. The average Bonchev–Trinajstić information content (AvgIpc) is 2.85. The van der Waals surface area contributed by atoms with E-state index in [9.17, 15) is 12.8 Å². The molecule has 1 N–H and O–H groups in total. The third kappa shape index (κ3) is 2.41. The van der Waals surface area contributed by atoms with Crippen LogP contribution in [0.1, 0.15) is 12.0 Å². The van der Waals surface area contributed by atoms with Gasteiger partial charge in [0.05, 0.1) is 4.90 Å². The molecule has 0 bridgehead atoms. The Morgan fingerprint density at radius 1 is 1.44 bits per heavy atom. The Kier molecular flexibility index (Phi) is 3.70. The van der Waals surface area contributed by atoms with Crippen LogP contribution in [0.4, 0.5) is 4.39 Å². The molecule has 0 amide bonds. The molecule has 1 heterocycles. The summed E-state index contributed by atoms with van der Waals surface area (Å²) >= 11 is 0. The van der Waals surface area contributed by atoms with E-state index in [1.54, 1.807) is 14.0 Å². The van der Waals surface area contributed by atoms with E-state index in [1.807, 2.05) is 0 Å². The summed E-state index contributed by atoms with van der Waals surface area (Å²) in [6.07, 6.45) is 0.782. The van der Waals surface area contributed by atoms with Crippen molar-refractivity contribution in [1.29, 1.82) is 0 Å². The molecule has 6 heteroatoms. The molecule has 1 atom stereocenters. The standard InChI is InChI=1S/C12H17FN2O2S/c1-9-3-4-11(7-12(9)13)18(16,17)15(2)10-5-6-14-8-10/h3-4,7,10,14H,5-6,8H2,1-2H3/t10-/m0/s1. The monoisotopic (exact) mass is 272 g/mol. The van der Waals surface area contributed by atoms with Gasteiger partial charge >= 0.3 is 0 Å². The largest absolute Gasteiger partial charge is 0.315 e. The highest BCUT2D eigenvalue weighted by Gasteiger charge is 2.30. The van der Waals surface area contributed by atoms with Gasteiger partial charge in [-0.15, -0.1) is 0 Å². The van der Waals surface area contributed by atoms with E-state index in [0.29, 0.717) is 12.1 Å². The van der Waals surface area contributed by atoms with Crippen LogP contribution >= 0.6 is 0 Å². The quantitative estimate of drug-likeness (QED) is 0.897. The van der Waals surface area contributed by atoms with Crippen molar-refractivity contribution in [1.82, 2.24) is 9.62 Å². The van der Waals surface area contributed by atoms with E-state index < -0.39 is 15.8 Å². The van der Waals surface area contributed by atoms with Gasteiger partial charge in [-0.3, -0.25) is 0 Å². The molecule has 100 valence electrons. The molecule has 0 aromatic heterocycles. The first kappa shape index (κ1) is 13.5. The first-order valence-electron chi connectivity index (χ1n) is 5.88. The van der Waals surface area contributed by atoms with Crippen molar-refractivity contribution in [2.75, 3.05) is 20.1 Å². The molecule has 0 saturated carbocycles. The van der Waals surface area contributed by atoms with Crippen LogP contribution in [0.25, 0.3) is 0 Å². The molecule has 2 rings (SSSR count). The van der Waals surface area contributed by atoms with E-state index in [2.05, 4.69) is 5.32 Å². The molecule has 1 aromatic rings. The van der Waals surface area contributed by atoms with Crippen LogP contribution in [0.3, 0.4) is 0 Å². The maximum Gasteiger partial charge on any atom is 0.243 e. The van der Waals surface area contributed by atoms with Crippen LogP contribution in [0.15, 0.2) is 23.1 Å². The molecule has 1 fully saturated rings. The van der Waals surface area contributed by atoms with E-state index in [0.717, 1.165) is 19.0 Å². The lowest BCUT2D eigenvalue weighted by molar-refractivity contribution is 0.387. The molecule has 0 unspecified atom stereocenters. The van der Waals surface area contributed by atoms with Crippen LogP contribution in [0.2, 0.25) is 0 Å². The van der Waals surface area contributed by atoms with Gasteiger partial charge in [-0.05, 0) is 37.6 Å². The highest BCUT2D eigenvalue weighted by molar-refractivity contribution is 7.89. The van der Waals surface area contributed by atoms with Gasteiger partial charge in [-0.1, -0.05) is 6.07 Å². The van der Waals surface area contributed by atoms with Crippen molar-refractivity contribution in [3.63, 3.8) is 0 Å². The number of aryl methyl sites for hydroxylation is 1. The molecule has 18 heavy (non-hydrogen) atoms. The normalized spacial score (nSPS) is 20.6. The third-order valence-electron chi connectivity index (χ3n) is 3.37. The second-order valence-corrected chi connectivity index (χ2v) is 6.58. The van der Waals surface area contributed by atoms with Crippen molar-refractivity contribution < 1.29 is 12.8 Å². The smallest absolute Gasteiger partial charge is 0.243 e. The van der Waals surface area contributed by atoms with Crippen LogP contribution in [-0.4, -0.2) is 38.9 Å². The van der Waals surface area contributed by atoms with Gasteiger partial charge < -0.3 is 5.32 Å². The van der Waals surface area contributed by atoms with Gasteiger partial charge in [0.1, 0.15) is 5.82 Å². The Balaban J connectivity index is 2.32. The maximum atomic E-state index is 13.5. The number of sulfonamides is 1. The Morgan fingerprint density at radius 2 is 2.17 bits per heavy atom. The summed E-state index contributed by atoms with van der Waals surface area (Å²) in [5, 5.41) is 3.12. The number of hydrogen-bond donors (Lipinski definition) is 1. The zero-order valence-electron chi connectivity index (χ0n) is 10.5. The summed E-state index contributed by atoms with van der Waals surface area (Å²) in [6.45, 7) is 3.06. The van der Waals surface area contributed by atoms with Crippen molar-refractivity contribution in [2.45, 2.75) is 24.3 Å². The fraction of sp³-hybridized carbons (Fsp3) is 0.500. The van der Waals surface area contributed by atoms with Crippen LogP contribution in [-0.2, 0) is 10.0 Å². The maximum absolute atomic E-state index is 13.5. The van der Waals surface area contributed by atoms with Crippen LogP contribution in [0.5, 0.6) is 0 Å². The molecule has 1 aliphatic heterocycles. The van der Waals surface area contributed by atoms with Crippen LogP contribution < -0.4 is 5.32 Å². The lowest BCUT2D eigenvalue weighted by Gasteiger charge is -2.23. The first-order valence-corrected chi connectivity index (χ1v) is 7.32. The average molecular weight is 272 g/mol. The number of halogens is 1. The third-order valence-corrected chi connectivity index (χ3v) is 5.27. The zero-order valence-corrected chi connectivity index (χ0v) is 11.3. The molecule has 1 aliphatic rings. The topological polar surface area (TPSA) is 49.4 Å². The molecule has 0 spiro atoms. The van der Waals surface area contributed by atoms with Gasteiger partial charge in [0, 0.05) is 19.6 Å². The summed E-state index contributed by atoms with van der Waals surface area (Å²) in [5.41, 5.74) is 0.444. The van der Waals surface area contributed by atoms with Crippen molar-refractivity contribution in [3.8, 4) is 0 Å². The number of nitrogens with one attached hydrogen (secondary N) is 1. The summed E-state index contributed by atoms with van der Waals surface area (Å²) in [6, 6.07) is 3.97. The first-order chi connectivity index (χ1) is 8.43. The van der Waals surface area contributed by atoms with Crippen molar-refractivity contribution in [3.05, 3.63) is 29.6 Å². The lowest BCUT2D eigenvalue weighted by atomic mass is 10.2. The Morgan fingerprint density at radius 3 is 2.72 bits per heavy atom. The highest BCUT2D eigenvalue weighted by atomic mass is 32.2. The summed E-state index contributed by atoms with van der Waals surface area (Å²) in [7, 11) is -2.06. The van der Waals surface area contributed by atoms with Crippen molar-refractivity contribution in [2.24, 2.45) is 0 Å². The molecule has 1 saturated heterocycles. The zero-order chi connectivity index (χ0) is 13.3. The highest BCUT2D eigenvalue weighted by Crippen LogP contribution is 2.21. The minimum Gasteiger partial charge on any atom is -0.315 e. The molecular formula is C12H17FN2O2S. The lowest BCUT2D eigenvalue weighted by Crippen LogP contribution is -2.38. The molecule has 0 aliphatic carbocycles. The Hall–Kier alpha value is -0.980. The minimum atomic E-state index is -3.61. The van der Waals surface area contributed by atoms with E-state index in [4.69, 9.17) is 0 Å². The fourth-order valence-corrected chi connectivity index (χ4v) is 3.44. The van der Waals surface area contributed by atoms with Gasteiger partial charge in [-0.25, -0.2) is 12.8 Å². The summed E-state index contributed by atoms with van der Waals surface area (Å²) in [5.74, 6) is -0.492. The molecule has 1 aromatic carbocycles. The van der Waals surface area contributed by atoms with Crippen LogP contribution in [0, 0.1) is 12.7 Å². The molecule has 0 radical (unpaired) electrons. The van der Waals surface area contributed by atoms with Crippen molar-refractivity contribution >= 4 is 10.0 Å². The number of hydrogen-bond acceptors (Lipinski definition) is 3. The minimum absolute atomic E-state index is 0.0139. The molecular weight excluding hydrogens is 255 g/mol. The van der Waals surface area contributed by atoms with Gasteiger partial charge in [-0.2, -0.15) is 4.31 Å². The summed E-state index contributed by atoms with van der Waals surface area (Å²) in [4.78, 5) is 0.0139. The summed E-state index contributed by atoms with van der Waals surface area (Å²) < 4.78 is 39.4. The predicted octanol–water partition coefficient (Wildman–Crippen LogP) is 1.12. The van der Waals surface area contributed by atoms with Gasteiger partial charge in [0.15, 0.2) is 0 Å². The predicted molar refractivity (Wildman–Crippen MR) is 67.4 cm³/mol. The van der Waals surface area contributed by atoms with Gasteiger partial charge in [0.25, 0.3) is 0 Å². The van der Waals surface area contributed by atoms with E-state index >= 15 is 0 Å². The SMILES string of the molecule is Cc1ccc(S(=O)(=O)N(C)[C@H]2CCNC2)cc1F. The van der Waals surface area contributed by atoms with Gasteiger partial charge in [0.2, 0.25) is 10.0 Å². The number of nitrogens with zero attached hydrogens (tertiary/aromatic N) is 1. The number of rotatable bonds is 3. The number of likely N-dealkylation sites (N-methyl/N-ethyl adjacent to an activating group) is 1. The fourth-order valence-electron chi connectivity index (χ4n) is 2.05. The number of benzene rings is 1.